The second-order valence-electron chi connectivity index (χ2n) is 6.28. The van der Waals surface area contributed by atoms with Gasteiger partial charge in [-0.15, -0.1) is 0 Å². The molecule has 124 valence electrons. The van der Waals surface area contributed by atoms with E-state index in [0.29, 0.717) is 17.2 Å². The minimum absolute atomic E-state index is 0.131. The molecule has 1 amide bonds. The van der Waals surface area contributed by atoms with E-state index < -0.39 is 17.8 Å². The first-order valence-electron chi connectivity index (χ1n) is 7.80. The van der Waals surface area contributed by atoms with E-state index in [-0.39, 0.29) is 17.7 Å². The van der Waals surface area contributed by atoms with Crippen molar-refractivity contribution in [1.29, 1.82) is 0 Å². The minimum Gasteiger partial charge on any atom is -0.497 e. The molecule has 6 heteroatoms. The number of ether oxygens (including phenoxy) is 2. The van der Waals surface area contributed by atoms with Crippen LogP contribution in [0.5, 0.6) is 11.5 Å². The first-order chi connectivity index (χ1) is 11.0. The molecule has 1 aromatic rings. The van der Waals surface area contributed by atoms with Crippen LogP contribution in [0.25, 0.3) is 0 Å². The number of amides is 1. The fourth-order valence-corrected chi connectivity index (χ4v) is 4.14. The number of anilines is 1. The summed E-state index contributed by atoms with van der Waals surface area (Å²) < 4.78 is 10.4. The molecule has 2 saturated carbocycles. The fourth-order valence-electron chi connectivity index (χ4n) is 4.14. The number of hydrogen-bond donors (Lipinski definition) is 2. The van der Waals surface area contributed by atoms with Crippen molar-refractivity contribution >= 4 is 17.6 Å². The van der Waals surface area contributed by atoms with Crippen LogP contribution in [0.1, 0.15) is 19.3 Å². The molecule has 0 heterocycles. The van der Waals surface area contributed by atoms with Gasteiger partial charge in [0.2, 0.25) is 5.91 Å². The van der Waals surface area contributed by atoms with Gasteiger partial charge in [0.05, 0.1) is 31.7 Å². The average molecular weight is 319 g/mol. The van der Waals surface area contributed by atoms with E-state index >= 15 is 0 Å². The second-order valence-corrected chi connectivity index (χ2v) is 6.28. The van der Waals surface area contributed by atoms with E-state index in [4.69, 9.17) is 9.47 Å². The van der Waals surface area contributed by atoms with Crippen molar-refractivity contribution in [2.75, 3.05) is 19.5 Å². The van der Waals surface area contributed by atoms with Crippen LogP contribution in [0.15, 0.2) is 18.2 Å². The van der Waals surface area contributed by atoms with Gasteiger partial charge in [-0.2, -0.15) is 0 Å². The first kappa shape index (κ1) is 15.6. The SMILES string of the molecule is COc1ccc(NC(=O)[C@H]2[C@H]3CC[C@@H](C3)[C@@H]2C(=O)O)c(OC)c1. The zero-order valence-corrected chi connectivity index (χ0v) is 13.2. The monoisotopic (exact) mass is 319 g/mol. The zero-order valence-electron chi connectivity index (χ0n) is 13.2. The summed E-state index contributed by atoms with van der Waals surface area (Å²) in [6, 6.07) is 5.12. The molecule has 2 N–H and O–H groups in total. The lowest BCUT2D eigenvalue weighted by Crippen LogP contribution is -2.37. The molecule has 2 aliphatic carbocycles. The third kappa shape index (κ3) is 2.73. The van der Waals surface area contributed by atoms with Gasteiger partial charge < -0.3 is 19.9 Å². The lowest BCUT2D eigenvalue weighted by atomic mass is 9.78. The Hall–Kier alpha value is -2.24. The molecule has 0 radical (unpaired) electrons. The smallest absolute Gasteiger partial charge is 0.307 e. The van der Waals surface area contributed by atoms with Gasteiger partial charge in [-0.05, 0) is 43.2 Å². The maximum Gasteiger partial charge on any atom is 0.307 e. The Morgan fingerprint density at radius 1 is 1.13 bits per heavy atom. The second kappa shape index (κ2) is 6.10. The Labute approximate surface area is 134 Å². The highest BCUT2D eigenvalue weighted by Gasteiger charge is 2.54. The van der Waals surface area contributed by atoms with Crippen molar-refractivity contribution in [3.63, 3.8) is 0 Å². The van der Waals surface area contributed by atoms with E-state index in [1.54, 1.807) is 25.3 Å². The summed E-state index contributed by atoms with van der Waals surface area (Å²) in [6.45, 7) is 0. The number of carboxylic acids is 1. The summed E-state index contributed by atoms with van der Waals surface area (Å²) in [7, 11) is 3.07. The molecular formula is C17H21NO5. The molecule has 4 atom stereocenters. The summed E-state index contributed by atoms with van der Waals surface area (Å²) in [4.78, 5) is 24.2. The Morgan fingerprint density at radius 2 is 1.83 bits per heavy atom. The van der Waals surface area contributed by atoms with E-state index in [9.17, 15) is 14.7 Å². The maximum absolute atomic E-state index is 12.7. The van der Waals surface area contributed by atoms with Crippen LogP contribution in [0.4, 0.5) is 5.69 Å². The summed E-state index contributed by atoms with van der Waals surface area (Å²) >= 11 is 0. The number of carboxylic acid groups (broad SMARTS) is 1. The van der Waals surface area contributed by atoms with Gasteiger partial charge in [0.1, 0.15) is 11.5 Å². The zero-order chi connectivity index (χ0) is 16.6. The molecule has 0 aromatic heterocycles. The minimum atomic E-state index is -0.862. The van der Waals surface area contributed by atoms with E-state index in [1.807, 2.05) is 0 Å². The van der Waals surface area contributed by atoms with Crippen molar-refractivity contribution in [3.8, 4) is 11.5 Å². The quantitative estimate of drug-likeness (QED) is 0.870. The van der Waals surface area contributed by atoms with Crippen LogP contribution in [-0.4, -0.2) is 31.2 Å². The lowest BCUT2D eigenvalue weighted by Gasteiger charge is -2.27. The Morgan fingerprint density at radius 3 is 2.43 bits per heavy atom. The largest absolute Gasteiger partial charge is 0.497 e. The van der Waals surface area contributed by atoms with Crippen LogP contribution < -0.4 is 14.8 Å². The van der Waals surface area contributed by atoms with Gasteiger partial charge in [-0.1, -0.05) is 0 Å². The highest BCUT2D eigenvalue weighted by molar-refractivity contribution is 5.97. The summed E-state index contributed by atoms with van der Waals surface area (Å²) in [5.41, 5.74) is 0.533. The van der Waals surface area contributed by atoms with E-state index in [0.717, 1.165) is 19.3 Å². The van der Waals surface area contributed by atoms with E-state index in [1.165, 1.54) is 7.11 Å². The molecule has 0 saturated heterocycles. The lowest BCUT2D eigenvalue weighted by molar-refractivity contribution is -0.148. The molecule has 0 aliphatic heterocycles. The molecule has 2 bridgehead atoms. The van der Waals surface area contributed by atoms with Gasteiger partial charge >= 0.3 is 5.97 Å². The van der Waals surface area contributed by atoms with Gasteiger partial charge in [0.25, 0.3) is 0 Å². The number of aliphatic carboxylic acids is 1. The number of fused-ring (bicyclic) bond motifs is 2. The van der Waals surface area contributed by atoms with Crippen molar-refractivity contribution in [3.05, 3.63) is 18.2 Å². The highest BCUT2D eigenvalue weighted by atomic mass is 16.5. The van der Waals surface area contributed by atoms with Gasteiger partial charge in [-0.25, -0.2) is 0 Å². The highest BCUT2D eigenvalue weighted by Crippen LogP contribution is 2.52. The molecule has 2 aliphatic rings. The van der Waals surface area contributed by atoms with Gasteiger partial charge in [0, 0.05) is 6.07 Å². The predicted octanol–water partition coefficient (Wildman–Crippen LogP) is 2.39. The summed E-state index contributed by atoms with van der Waals surface area (Å²) in [5, 5.41) is 12.3. The van der Waals surface area contributed by atoms with Crippen LogP contribution in [-0.2, 0) is 9.59 Å². The topological polar surface area (TPSA) is 84.9 Å². The number of nitrogens with one attached hydrogen (secondary N) is 1. The number of benzene rings is 1. The molecule has 2 fully saturated rings. The molecule has 3 rings (SSSR count). The first-order valence-corrected chi connectivity index (χ1v) is 7.80. The molecular weight excluding hydrogens is 298 g/mol. The fraction of sp³-hybridized carbons (Fsp3) is 0.529. The van der Waals surface area contributed by atoms with Crippen molar-refractivity contribution < 1.29 is 24.2 Å². The number of carbonyl (C=O) groups excluding carboxylic acids is 1. The predicted molar refractivity (Wildman–Crippen MR) is 83.6 cm³/mol. The number of carbonyl (C=O) groups is 2. The van der Waals surface area contributed by atoms with Crippen molar-refractivity contribution in [2.24, 2.45) is 23.7 Å². The van der Waals surface area contributed by atoms with Crippen molar-refractivity contribution in [2.45, 2.75) is 19.3 Å². The number of hydrogen-bond acceptors (Lipinski definition) is 4. The average Bonchev–Trinajstić information content (AvgIpc) is 3.16. The third-order valence-electron chi connectivity index (χ3n) is 5.17. The van der Waals surface area contributed by atoms with E-state index in [2.05, 4.69) is 5.32 Å². The summed E-state index contributed by atoms with van der Waals surface area (Å²) in [6.07, 6.45) is 2.69. The molecule has 1 aromatic carbocycles. The van der Waals surface area contributed by atoms with Crippen LogP contribution in [0.3, 0.4) is 0 Å². The summed E-state index contributed by atoms with van der Waals surface area (Å²) in [5.74, 6) is -0.699. The Kier molecular flexibility index (Phi) is 4.15. The van der Waals surface area contributed by atoms with Crippen LogP contribution in [0.2, 0.25) is 0 Å². The van der Waals surface area contributed by atoms with Crippen LogP contribution in [0, 0.1) is 23.7 Å². The van der Waals surface area contributed by atoms with Crippen LogP contribution >= 0.6 is 0 Å². The molecule has 0 unspecified atom stereocenters. The Balaban J connectivity index is 1.80. The van der Waals surface area contributed by atoms with Gasteiger partial charge in [0.15, 0.2) is 0 Å². The molecule has 6 nitrogen and oxygen atoms in total. The third-order valence-corrected chi connectivity index (χ3v) is 5.17. The maximum atomic E-state index is 12.7. The normalized spacial score (nSPS) is 28.4. The number of rotatable bonds is 5. The molecule has 23 heavy (non-hydrogen) atoms. The Bertz CT molecular complexity index is 629. The molecule has 0 spiro atoms. The van der Waals surface area contributed by atoms with Gasteiger partial charge in [-0.3, -0.25) is 9.59 Å². The van der Waals surface area contributed by atoms with Crippen molar-refractivity contribution in [1.82, 2.24) is 0 Å². The number of methoxy groups -OCH3 is 2. The standard InChI is InChI=1S/C17H21NO5/c1-22-11-5-6-12(13(8-11)23-2)18-16(19)14-9-3-4-10(7-9)15(14)17(20)21/h5-6,8-10,14-15H,3-4,7H2,1-2H3,(H,18,19)(H,20,21)/t9-,10-,14-,15-/m0/s1.